The molecular weight excluding hydrogens is 212 g/mol. The summed E-state index contributed by atoms with van der Waals surface area (Å²) in [6, 6.07) is 0. The van der Waals surface area contributed by atoms with E-state index in [4.69, 9.17) is 4.74 Å². The molecule has 1 rings (SSSR count). The van der Waals surface area contributed by atoms with Gasteiger partial charge in [-0.3, -0.25) is 0 Å². The minimum absolute atomic E-state index is 0.508. The Hall–Kier alpha value is -0.120. The summed E-state index contributed by atoms with van der Waals surface area (Å²) in [5.41, 5.74) is 0. The fourth-order valence-corrected chi connectivity index (χ4v) is 2.39. The molecule has 0 spiro atoms. The van der Waals surface area contributed by atoms with Crippen LogP contribution in [0.1, 0.15) is 45.4 Å². The highest BCUT2D eigenvalue weighted by molar-refractivity contribution is 4.68. The molecule has 0 radical (unpaired) electrons. The molecule has 0 bridgehead atoms. The van der Waals surface area contributed by atoms with Crippen LogP contribution in [-0.2, 0) is 4.74 Å². The van der Waals surface area contributed by atoms with Gasteiger partial charge in [-0.15, -0.1) is 0 Å². The van der Waals surface area contributed by atoms with Gasteiger partial charge in [-0.1, -0.05) is 19.8 Å². The summed E-state index contributed by atoms with van der Waals surface area (Å²) in [7, 11) is 2.22. The number of ether oxygens (including phenoxy) is 1. The predicted octanol–water partition coefficient (Wildman–Crippen LogP) is 2.27. The van der Waals surface area contributed by atoms with Gasteiger partial charge in [0.2, 0.25) is 0 Å². The highest BCUT2D eigenvalue weighted by atomic mass is 16.5. The Morgan fingerprint density at radius 2 is 2.06 bits per heavy atom. The lowest BCUT2D eigenvalue weighted by Gasteiger charge is -2.20. The van der Waals surface area contributed by atoms with Crippen LogP contribution in [-0.4, -0.2) is 50.8 Å². The van der Waals surface area contributed by atoms with Gasteiger partial charge >= 0.3 is 0 Å². The van der Waals surface area contributed by atoms with Crippen molar-refractivity contribution >= 4 is 0 Å². The van der Waals surface area contributed by atoms with E-state index < -0.39 is 0 Å². The smallest absolute Gasteiger partial charge is 0.0702 e. The molecule has 1 N–H and O–H groups in total. The van der Waals surface area contributed by atoms with Crippen molar-refractivity contribution < 1.29 is 4.74 Å². The molecule has 0 aromatic heterocycles. The lowest BCUT2D eigenvalue weighted by molar-refractivity contribution is 0.0807. The Bertz CT molecular complexity index is 170. The van der Waals surface area contributed by atoms with E-state index in [1.807, 2.05) is 0 Å². The van der Waals surface area contributed by atoms with Crippen LogP contribution in [0, 0.1) is 0 Å². The van der Waals surface area contributed by atoms with Crippen molar-refractivity contribution in [3.8, 4) is 0 Å². The Kier molecular flexibility index (Phi) is 8.67. The summed E-state index contributed by atoms with van der Waals surface area (Å²) >= 11 is 0. The first-order chi connectivity index (χ1) is 8.33. The number of nitrogens with one attached hydrogen (secondary N) is 1. The highest BCUT2D eigenvalue weighted by Gasteiger charge is 2.16. The molecular formula is C14H30N2O. The average Bonchev–Trinajstić information content (AvgIpc) is 2.80. The molecule has 3 nitrogen and oxygen atoms in total. The van der Waals surface area contributed by atoms with Crippen molar-refractivity contribution in [2.45, 2.75) is 51.6 Å². The molecule has 17 heavy (non-hydrogen) atoms. The summed E-state index contributed by atoms with van der Waals surface area (Å²) in [6.07, 6.45) is 8.39. The molecule has 1 aliphatic rings. The first kappa shape index (κ1) is 14.9. The second-order valence-corrected chi connectivity index (χ2v) is 5.17. The standard InChI is InChI=1S/C14H30N2O/c1-3-15-10-6-4-5-7-11-16(2)13-14-9-8-12-17-14/h14-15H,3-13H2,1-2H3. The number of nitrogens with zero attached hydrogens (tertiary/aromatic N) is 1. The maximum Gasteiger partial charge on any atom is 0.0702 e. The normalized spacial score (nSPS) is 20.3. The van der Waals surface area contributed by atoms with E-state index >= 15 is 0 Å². The van der Waals surface area contributed by atoms with Crippen LogP contribution in [0.3, 0.4) is 0 Å². The summed E-state index contributed by atoms with van der Waals surface area (Å²) in [4.78, 5) is 2.43. The largest absolute Gasteiger partial charge is 0.377 e. The summed E-state index contributed by atoms with van der Waals surface area (Å²) in [5, 5.41) is 3.37. The van der Waals surface area contributed by atoms with Gasteiger partial charge in [0.1, 0.15) is 0 Å². The summed E-state index contributed by atoms with van der Waals surface area (Å²) in [6.45, 7) is 7.77. The van der Waals surface area contributed by atoms with E-state index in [-0.39, 0.29) is 0 Å². The molecule has 1 aliphatic heterocycles. The van der Waals surface area contributed by atoms with E-state index in [9.17, 15) is 0 Å². The molecule has 1 heterocycles. The van der Waals surface area contributed by atoms with Gasteiger partial charge in [0, 0.05) is 13.2 Å². The Labute approximate surface area is 107 Å². The topological polar surface area (TPSA) is 24.5 Å². The fraction of sp³-hybridized carbons (Fsp3) is 1.00. The van der Waals surface area contributed by atoms with E-state index in [1.165, 1.54) is 51.6 Å². The van der Waals surface area contributed by atoms with Gasteiger partial charge in [-0.25, -0.2) is 0 Å². The van der Waals surface area contributed by atoms with Gasteiger partial charge in [-0.2, -0.15) is 0 Å². The fourth-order valence-electron chi connectivity index (χ4n) is 2.39. The van der Waals surface area contributed by atoms with E-state index in [0.29, 0.717) is 6.10 Å². The monoisotopic (exact) mass is 242 g/mol. The minimum atomic E-state index is 0.508. The number of rotatable bonds is 10. The molecule has 1 unspecified atom stereocenters. The Morgan fingerprint density at radius 3 is 2.76 bits per heavy atom. The maximum atomic E-state index is 5.65. The zero-order valence-electron chi connectivity index (χ0n) is 11.7. The molecule has 0 aromatic rings. The molecule has 0 aliphatic carbocycles. The SMILES string of the molecule is CCNCCCCCCN(C)CC1CCCO1. The average molecular weight is 242 g/mol. The molecule has 102 valence electrons. The number of hydrogen-bond acceptors (Lipinski definition) is 3. The third-order valence-corrected chi connectivity index (χ3v) is 3.43. The van der Waals surface area contributed by atoms with E-state index in [2.05, 4.69) is 24.2 Å². The van der Waals surface area contributed by atoms with Crippen LogP contribution < -0.4 is 5.32 Å². The molecule has 0 saturated carbocycles. The quantitative estimate of drug-likeness (QED) is 0.595. The third-order valence-electron chi connectivity index (χ3n) is 3.43. The number of hydrogen-bond donors (Lipinski definition) is 1. The van der Waals surface area contributed by atoms with Crippen LogP contribution in [0.2, 0.25) is 0 Å². The highest BCUT2D eigenvalue weighted by Crippen LogP contribution is 2.13. The lowest BCUT2D eigenvalue weighted by Crippen LogP contribution is -2.29. The van der Waals surface area contributed by atoms with E-state index in [1.54, 1.807) is 0 Å². The lowest BCUT2D eigenvalue weighted by atomic mass is 10.2. The first-order valence-corrected chi connectivity index (χ1v) is 7.33. The zero-order valence-corrected chi connectivity index (χ0v) is 11.7. The maximum absolute atomic E-state index is 5.65. The minimum Gasteiger partial charge on any atom is -0.377 e. The van der Waals surface area contributed by atoms with Crippen molar-refractivity contribution in [3.05, 3.63) is 0 Å². The summed E-state index contributed by atoms with van der Waals surface area (Å²) in [5.74, 6) is 0. The van der Waals surface area contributed by atoms with Crippen LogP contribution >= 0.6 is 0 Å². The van der Waals surface area contributed by atoms with Crippen LogP contribution in [0.4, 0.5) is 0 Å². The van der Waals surface area contributed by atoms with Crippen molar-refractivity contribution in [2.24, 2.45) is 0 Å². The molecule has 1 saturated heterocycles. The Balaban J connectivity index is 1.84. The van der Waals surface area contributed by atoms with Crippen LogP contribution in [0.25, 0.3) is 0 Å². The predicted molar refractivity (Wildman–Crippen MR) is 73.5 cm³/mol. The van der Waals surface area contributed by atoms with Gasteiger partial charge in [0.05, 0.1) is 6.10 Å². The third kappa shape index (κ3) is 7.74. The van der Waals surface area contributed by atoms with Gasteiger partial charge in [0.15, 0.2) is 0 Å². The molecule has 1 fully saturated rings. The first-order valence-electron chi connectivity index (χ1n) is 7.33. The Morgan fingerprint density at radius 1 is 1.24 bits per heavy atom. The molecule has 0 aromatic carbocycles. The van der Waals surface area contributed by atoms with E-state index in [0.717, 1.165) is 19.7 Å². The van der Waals surface area contributed by atoms with Crippen LogP contribution in [0.5, 0.6) is 0 Å². The van der Waals surface area contributed by atoms with Crippen molar-refractivity contribution in [1.29, 1.82) is 0 Å². The number of likely N-dealkylation sites (N-methyl/N-ethyl adjacent to an activating group) is 1. The van der Waals surface area contributed by atoms with Crippen molar-refractivity contribution in [3.63, 3.8) is 0 Å². The second kappa shape index (κ2) is 9.86. The molecule has 1 atom stereocenters. The van der Waals surface area contributed by atoms with Gasteiger partial charge < -0.3 is 15.0 Å². The summed E-state index contributed by atoms with van der Waals surface area (Å²) < 4.78 is 5.65. The van der Waals surface area contributed by atoms with Gasteiger partial charge in [0.25, 0.3) is 0 Å². The van der Waals surface area contributed by atoms with Gasteiger partial charge in [-0.05, 0) is 52.4 Å². The van der Waals surface area contributed by atoms with Crippen molar-refractivity contribution in [1.82, 2.24) is 10.2 Å². The molecule has 0 amide bonds. The molecule has 3 heteroatoms. The number of unbranched alkanes of at least 4 members (excludes halogenated alkanes) is 3. The zero-order chi connectivity index (χ0) is 12.3. The van der Waals surface area contributed by atoms with Crippen LogP contribution in [0.15, 0.2) is 0 Å². The van der Waals surface area contributed by atoms with Crippen molar-refractivity contribution in [2.75, 3.05) is 39.8 Å². The second-order valence-electron chi connectivity index (χ2n) is 5.17.